The van der Waals surface area contributed by atoms with E-state index in [1.807, 2.05) is 18.2 Å². The van der Waals surface area contributed by atoms with E-state index in [1.165, 1.54) is 11.3 Å². The number of aromatic nitrogens is 5. The van der Waals surface area contributed by atoms with E-state index in [9.17, 15) is 9.59 Å². The van der Waals surface area contributed by atoms with E-state index in [0.717, 1.165) is 34.8 Å². The first kappa shape index (κ1) is 21.2. The van der Waals surface area contributed by atoms with Crippen molar-refractivity contribution >= 4 is 41.4 Å². The molecule has 4 aromatic rings. The van der Waals surface area contributed by atoms with Gasteiger partial charge >= 0.3 is 5.69 Å². The summed E-state index contributed by atoms with van der Waals surface area (Å²) in [5.41, 5.74) is 1.85. The first-order valence-electron chi connectivity index (χ1n) is 10.9. The molecule has 1 aliphatic carbocycles. The third-order valence-electron chi connectivity index (χ3n) is 5.32. The molecule has 4 N–H and O–H groups in total. The summed E-state index contributed by atoms with van der Waals surface area (Å²) >= 11 is 1.41. The average Bonchev–Trinajstić information content (AvgIpc) is 3.16. The molecule has 4 heterocycles. The molecule has 4 aromatic heterocycles. The summed E-state index contributed by atoms with van der Waals surface area (Å²) in [7, 11) is 0. The summed E-state index contributed by atoms with van der Waals surface area (Å²) in [4.78, 5) is 35.9. The third-order valence-corrected chi connectivity index (χ3v) is 6.43. The van der Waals surface area contributed by atoms with Crippen LogP contribution < -0.4 is 27.0 Å². The molecule has 0 aliphatic heterocycles. The van der Waals surface area contributed by atoms with Crippen LogP contribution in [0.15, 0.2) is 29.2 Å². The average molecular weight is 464 g/mol. The Balaban J connectivity index is 1.57. The summed E-state index contributed by atoms with van der Waals surface area (Å²) in [5.74, 6) is 1.16. The van der Waals surface area contributed by atoms with Gasteiger partial charge in [-0.05, 0) is 37.0 Å². The molecule has 1 aliphatic rings. The molecule has 0 atom stereocenters. The Morgan fingerprint density at radius 3 is 2.88 bits per heavy atom. The molecular formula is C23H25N7O2S. The number of fused-ring (bicyclic) bond motifs is 1. The highest BCUT2D eigenvalue weighted by atomic mass is 32.1. The van der Waals surface area contributed by atoms with Gasteiger partial charge in [0.2, 0.25) is 0 Å². The third kappa shape index (κ3) is 4.47. The van der Waals surface area contributed by atoms with Crippen molar-refractivity contribution in [1.29, 1.82) is 0 Å². The van der Waals surface area contributed by atoms with E-state index in [-0.39, 0.29) is 11.6 Å². The largest absolute Gasteiger partial charge is 0.367 e. The van der Waals surface area contributed by atoms with Crippen LogP contribution in [0.3, 0.4) is 0 Å². The maximum Gasteiger partial charge on any atom is 0.323 e. The maximum absolute atomic E-state index is 12.5. The van der Waals surface area contributed by atoms with Crippen LogP contribution in [-0.4, -0.2) is 43.1 Å². The van der Waals surface area contributed by atoms with Crippen LogP contribution in [0, 0.1) is 5.92 Å². The summed E-state index contributed by atoms with van der Waals surface area (Å²) < 4.78 is 1.77. The van der Waals surface area contributed by atoms with Crippen LogP contribution in [0.4, 0.5) is 5.82 Å². The molecule has 5 rings (SSSR count). The highest BCUT2D eigenvalue weighted by Gasteiger charge is 2.23. The molecule has 9 nitrogen and oxygen atoms in total. The van der Waals surface area contributed by atoms with E-state index in [2.05, 4.69) is 46.1 Å². The fraction of sp³-hybridized carbons (Fsp3) is 0.304. The number of H-pyrrole nitrogens is 2. The Kier molecular flexibility index (Phi) is 5.37. The van der Waals surface area contributed by atoms with Crippen molar-refractivity contribution in [2.24, 2.45) is 5.92 Å². The second-order valence-corrected chi connectivity index (χ2v) is 9.75. The second-order valence-electron chi connectivity index (χ2n) is 8.66. The van der Waals surface area contributed by atoms with Crippen molar-refractivity contribution < 1.29 is 4.79 Å². The lowest BCUT2D eigenvalue weighted by atomic mass is 10.2. The van der Waals surface area contributed by atoms with E-state index >= 15 is 0 Å². The SMILES string of the molecule is C=c1[nH]c(=O)[nH]/c1=C\c1cnn2c(NC3CC3)cc(-c3ccc(C(=O)NCC(C)C)s3)nc12. The van der Waals surface area contributed by atoms with Gasteiger partial charge in [0.15, 0.2) is 5.65 Å². The molecule has 10 heteroatoms. The van der Waals surface area contributed by atoms with Gasteiger partial charge in [0.25, 0.3) is 5.91 Å². The van der Waals surface area contributed by atoms with E-state index in [0.29, 0.717) is 39.7 Å². The van der Waals surface area contributed by atoms with E-state index in [1.54, 1.807) is 16.8 Å². The summed E-state index contributed by atoms with van der Waals surface area (Å²) in [6, 6.07) is 6.15. The number of nitrogens with one attached hydrogen (secondary N) is 4. The number of amides is 1. The maximum atomic E-state index is 12.5. The lowest BCUT2D eigenvalue weighted by Crippen LogP contribution is -2.26. The molecule has 0 bridgehead atoms. The quantitative estimate of drug-likeness (QED) is 0.332. The van der Waals surface area contributed by atoms with Crippen molar-refractivity contribution in [1.82, 2.24) is 29.9 Å². The molecule has 170 valence electrons. The van der Waals surface area contributed by atoms with Gasteiger partial charge in [-0.2, -0.15) is 9.61 Å². The summed E-state index contributed by atoms with van der Waals surface area (Å²) in [5, 5.41) is 12.1. The van der Waals surface area contributed by atoms with Crippen LogP contribution in [0.5, 0.6) is 0 Å². The Labute approximate surface area is 193 Å². The van der Waals surface area contributed by atoms with E-state index < -0.39 is 0 Å². The van der Waals surface area contributed by atoms with Crippen LogP contribution in [0.2, 0.25) is 0 Å². The van der Waals surface area contributed by atoms with Gasteiger partial charge in [-0.1, -0.05) is 20.4 Å². The molecule has 33 heavy (non-hydrogen) atoms. The number of hydrogen-bond acceptors (Lipinski definition) is 6. The number of anilines is 1. The molecule has 1 saturated carbocycles. The number of carbonyl (C=O) groups excluding carboxylic acids is 1. The van der Waals surface area contributed by atoms with Gasteiger partial charge in [-0.15, -0.1) is 11.3 Å². The Hall–Kier alpha value is -3.66. The monoisotopic (exact) mass is 463 g/mol. The minimum absolute atomic E-state index is 0.0740. The summed E-state index contributed by atoms with van der Waals surface area (Å²) in [6.45, 7) is 8.63. The number of aromatic amines is 2. The van der Waals surface area contributed by atoms with Crippen LogP contribution in [0.25, 0.3) is 28.9 Å². The van der Waals surface area contributed by atoms with Gasteiger partial charge < -0.3 is 20.6 Å². The molecule has 0 saturated heterocycles. The molecular weight excluding hydrogens is 438 g/mol. The van der Waals surface area contributed by atoms with Crippen molar-refractivity contribution in [3.8, 4) is 10.6 Å². The zero-order valence-electron chi connectivity index (χ0n) is 18.4. The fourth-order valence-electron chi connectivity index (χ4n) is 3.44. The first-order chi connectivity index (χ1) is 15.9. The van der Waals surface area contributed by atoms with Gasteiger partial charge in [0.1, 0.15) is 5.82 Å². The Bertz CT molecular complexity index is 1500. The number of hydrogen-bond donors (Lipinski definition) is 4. The van der Waals surface area contributed by atoms with Crippen molar-refractivity contribution in [3.63, 3.8) is 0 Å². The first-order valence-corrected chi connectivity index (χ1v) is 11.7. The van der Waals surface area contributed by atoms with Crippen molar-refractivity contribution in [2.45, 2.75) is 32.7 Å². The molecule has 1 fully saturated rings. The van der Waals surface area contributed by atoms with Gasteiger partial charge in [-0.25, -0.2) is 9.78 Å². The molecule has 0 aromatic carbocycles. The number of thiophene rings is 1. The standard InChI is InChI=1S/C23H25N7O2S/c1-12(2)10-24-22(31)19-7-6-18(33-19)17-9-20(27-15-4-5-15)30-21(28-17)14(11-25-30)8-16-13(3)26-23(32)29-16/h6-9,11-12,15,27H,3-5,10H2,1-2H3,(H,24,31)(H2,26,29,32)/b16-8-. The van der Waals surface area contributed by atoms with Gasteiger partial charge in [-0.3, -0.25) is 4.79 Å². The van der Waals surface area contributed by atoms with Crippen molar-refractivity contribution in [2.75, 3.05) is 11.9 Å². The van der Waals surface area contributed by atoms with Crippen LogP contribution in [0.1, 0.15) is 41.9 Å². The lowest BCUT2D eigenvalue weighted by molar-refractivity contribution is 0.0953. The molecule has 1 amide bonds. The number of carbonyl (C=O) groups is 1. The smallest absolute Gasteiger partial charge is 0.323 e. The predicted molar refractivity (Wildman–Crippen MR) is 130 cm³/mol. The van der Waals surface area contributed by atoms with Gasteiger partial charge in [0, 0.05) is 24.2 Å². The Morgan fingerprint density at radius 1 is 1.36 bits per heavy atom. The predicted octanol–water partition coefficient (Wildman–Crippen LogP) is 1.67. The normalized spacial score (nSPS) is 14.3. The highest BCUT2D eigenvalue weighted by molar-refractivity contribution is 7.17. The topological polar surface area (TPSA) is 120 Å². The minimum atomic E-state index is -0.311. The minimum Gasteiger partial charge on any atom is -0.367 e. The lowest BCUT2D eigenvalue weighted by Gasteiger charge is -2.09. The molecule has 0 unspecified atom stereocenters. The molecule has 0 spiro atoms. The summed E-state index contributed by atoms with van der Waals surface area (Å²) in [6.07, 6.45) is 5.76. The zero-order valence-corrected chi connectivity index (χ0v) is 19.3. The van der Waals surface area contributed by atoms with E-state index in [4.69, 9.17) is 4.98 Å². The number of nitrogens with zero attached hydrogens (tertiary/aromatic N) is 3. The van der Waals surface area contributed by atoms with Crippen LogP contribution in [-0.2, 0) is 0 Å². The second kappa shape index (κ2) is 8.36. The Morgan fingerprint density at radius 2 is 2.18 bits per heavy atom. The van der Waals surface area contributed by atoms with Crippen LogP contribution >= 0.6 is 11.3 Å². The zero-order chi connectivity index (χ0) is 23.1. The number of imidazole rings is 1. The van der Waals surface area contributed by atoms with Crippen molar-refractivity contribution in [3.05, 3.63) is 56.0 Å². The fourth-order valence-corrected chi connectivity index (χ4v) is 4.32. The molecule has 0 radical (unpaired) electrons. The highest BCUT2D eigenvalue weighted by Crippen LogP contribution is 2.32. The number of rotatable bonds is 7. The van der Waals surface area contributed by atoms with Gasteiger partial charge in [0.05, 0.1) is 32.3 Å².